The number of hydrogen-bond donors (Lipinski definition) is 1. The highest BCUT2D eigenvalue weighted by Gasteiger charge is 2.44. The Bertz CT molecular complexity index is 1460. The van der Waals surface area contributed by atoms with Gasteiger partial charge >= 0.3 is 0 Å². The van der Waals surface area contributed by atoms with E-state index in [1.807, 2.05) is 18.4 Å². The highest BCUT2D eigenvalue weighted by molar-refractivity contribution is 7.11. The van der Waals surface area contributed by atoms with Crippen molar-refractivity contribution in [2.24, 2.45) is 10.9 Å². The number of likely N-dealkylation sites (tertiary alicyclic amines) is 2. The Kier molecular flexibility index (Phi) is 13.8. The van der Waals surface area contributed by atoms with Gasteiger partial charge in [-0.3, -0.25) is 14.5 Å². The molecule has 7 nitrogen and oxygen atoms in total. The maximum atomic E-state index is 13.2. The van der Waals surface area contributed by atoms with E-state index in [0.29, 0.717) is 39.5 Å². The number of nitrogens with one attached hydrogen (secondary N) is 1. The fourth-order valence-electron chi connectivity index (χ4n) is 6.58. The topological polar surface area (TPSA) is 74.2 Å². The fraction of sp³-hybridized carbons (Fsp3) is 0.514. The van der Waals surface area contributed by atoms with Gasteiger partial charge in [-0.15, -0.1) is 11.3 Å². The van der Waals surface area contributed by atoms with E-state index in [2.05, 4.69) is 26.8 Å². The molecule has 11 heteroatoms. The summed E-state index contributed by atoms with van der Waals surface area (Å²) in [5, 5.41) is 6.05. The van der Waals surface area contributed by atoms with Gasteiger partial charge < -0.3 is 15.0 Å². The number of ether oxygens (including phenoxy) is 1. The third-order valence-corrected chi connectivity index (χ3v) is 10.9. The van der Waals surface area contributed by atoms with E-state index in [-0.39, 0.29) is 16.0 Å². The number of amidine groups is 1. The van der Waals surface area contributed by atoms with Crippen LogP contribution in [-0.4, -0.2) is 73.3 Å². The molecule has 1 saturated carbocycles. The van der Waals surface area contributed by atoms with Crippen LogP contribution in [0.2, 0.25) is 15.1 Å². The van der Waals surface area contributed by atoms with Gasteiger partial charge in [0.1, 0.15) is 17.8 Å². The molecule has 2 aromatic rings. The molecular weight excluding hydrogens is 663 g/mol. The Balaban J connectivity index is 0.00000113. The van der Waals surface area contributed by atoms with Crippen LogP contribution in [0.5, 0.6) is 0 Å². The predicted octanol–water partition coefficient (Wildman–Crippen LogP) is 8.84. The smallest absolute Gasteiger partial charge is 0.256 e. The van der Waals surface area contributed by atoms with Gasteiger partial charge in [-0.2, -0.15) is 0 Å². The van der Waals surface area contributed by atoms with Crippen molar-refractivity contribution in [3.8, 4) is 0 Å². The second-order valence-electron chi connectivity index (χ2n) is 12.2. The number of thiophene rings is 1. The van der Waals surface area contributed by atoms with E-state index in [4.69, 9.17) is 39.8 Å². The van der Waals surface area contributed by atoms with Crippen LogP contribution in [0.4, 0.5) is 0 Å². The zero-order valence-corrected chi connectivity index (χ0v) is 30.5. The SMILES string of the molecule is CC(=N/C(=C(\C)N1CC2CCN(C3CCCCC3)C2C1)c1cc(Cl)cs1)NC(=O)c1cc(Cl)c(/C=C(\C)C=O)c(Cl)c1.CCOC. The van der Waals surface area contributed by atoms with Gasteiger partial charge in [0, 0.05) is 61.1 Å². The normalized spacial score (nSPS) is 21.4. The predicted molar refractivity (Wildman–Crippen MR) is 193 cm³/mol. The molecule has 2 unspecified atom stereocenters. The van der Waals surface area contributed by atoms with Crippen molar-refractivity contribution >= 4 is 75.9 Å². The summed E-state index contributed by atoms with van der Waals surface area (Å²) in [5.41, 5.74) is 3.18. The molecule has 2 saturated heterocycles. The standard InChI is InChI=1S/C32H37Cl3N4O2S.C3H8O/c1-19(17-40)11-26-27(34)12-23(13-28(26)35)32(41)37-21(3)36-31(30-14-24(33)18-42-30)20(2)38-15-22-9-10-39(29(22)16-38)25-7-5-4-6-8-25;1-3-4-2/h11-14,17-18,22,25,29H,4-10,15-16H2,1-3H3,(H,36,37,41);3H2,1-2H3/b19-11+,31-20+;. The molecule has 0 spiro atoms. The first-order chi connectivity index (χ1) is 22.1. The maximum Gasteiger partial charge on any atom is 0.256 e. The number of allylic oxidation sites excluding steroid dienone is 2. The largest absolute Gasteiger partial charge is 0.385 e. The molecule has 2 atom stereocenters. The van der Waals surface area contributed by atoms with Crippen LogP contribution in [0.3, 0.4) is 0 Å². The molecule has 46 heavy (non-hydrogen) atoms. The van der Waals surface area contributed by atoms with Gasteiger partial charge in [0.05, 0.1) is 19.9 Å². The molecular formula is C35H45Cl3N4O3S. The van der Waals surface area contributed by atoms with Crippen molar-refractivity contribution in [3.63, 3.8) is 0 Å². The lowest BCUT2D eigenvalue weighted by Crippen LogP contribution is -2.43. The van der Waals surface area contributed by atoms with E-state index in [0.717, 1.165) is 48.3 Å². The molecule has 1 aromatic carbocycles. The molecule has 1 aliphatic carbocycles. The minimum atomic E-state index is -0.372. The second kappa shape index (κ2) is 17.3. The molecule has 1 amide bonds. The van der Waals surface area contributed by atoms with E-state index >= 15 is 0 Å². The Labute approximate surface area is 292 Å². The molecule has 2 aliphatic heterocycles. The van der Waals surface area contributed by atoms with Crippen molar-refractivity contribution in [2.45, 2.75) is 78.3 Å². The first kappa shape index (κ1) is 36.6. The molecule has 5 rings (SSSR count). The number of halogens is 3. The summed E-state index contributed by atoms with van der Waals surface area (Å²) >= 11 is 20.7. The number of carbonyl (C=O) groups excluding carboxylic acids is 2. The summed E-state index contributed by atoms with van der Waals surface area (Å²) in [6.07, 6.45) is 10.3. The van der Waals surface area contributed by atoms with Crippen molar-refractivity contribution in [3.05, 3.63) is 65.9 Å². The van der Waals surface area contributed by atoms with Crippen LogP contribution in [0.15, 0.2) is 39.8 Å². The van der Waals surface area contributed by atoms with Crippen molar-refractivity contribution < 1.29 is 14.3 Å². The van der Waals surface area contributed by atoms with Crippen LogP contribution < -0.4 is 5.32 Å². The zero-order chi connectivity index (χ0) is 33.4. The maximum absolute atomic E-state index is 13.2. The number of aliphatic imine (C=N–C) groups is 1. The summed E-state index contributed by atoms with van der Waals surface area (Å²) in [6.45, 7) is 11.6. The Morgan fingerprint density at radius 2 is 1.74 bits per heavy atom. The fourth-order valence-corrected chi connectivity index (χ4v) is 8.29. The van der Waals surface area contributed by atoms with Gasteiger partial charge in [-0.25, -0.2) is 4.99 Å². The molecule has 0 radical (unpaired) electrons. The summed E-state index contributed by atoms with van der Waals surface area (Å²) in [7, 11) is 1.68. The molecule has 250 valence electrons. The number of amides is 1. The van der Waals surface area contributed by atoms with Crippen molar-refractivity contribution in [2.75, 3.05) is 33.4 Å². The van der Waals surface area contributed by atoms with Crippen molar-refractivity contribution in [1.29, 1.82) is 0 Å². The first-order valence-electron chi connectivity index (χ1n) is 16.0. The van der Waals surface area contributed by atoms with Gasteiger partial charge in [0.15, 0.2) is 0 Å². The molecule has 3 fully saturated rings. The summed E-state index contributed by atoms with van der Waals surface area (Å²) in [4.78, 5) is 35.4. The first-order valence-corrected chi connectivity index (χ1v) is 18.0. The van der Waals surface area contributed by atoms with Crippen LogP contribution in [0.1, 0.15) is 87.0 Å². The van der Waals surface area contributed by atoms with Gasteiger partial charge in [0.2, 0.25) is 0 Å². The molecule has 0 bridgehead atoms. The number of hydrogen-bond acceptors (Lipinski definition) is 7. The van der Waals surface area contributed by atoms with Gasteiger partial charge in [0.25, 0.3) is 5.91 Å². The van der Waals surface area contributed by atoms with Gasteiger partial charge in [-0.05, 0) is 89.3 Å². The van der Waals surface area contributed by atoms with E-state index in [1.165, 1.54) is 45.1 Å². The molecule has 3 heterocycles. The Hall–Kier alpha value is -2.20. The minimum absolute atomic E-state index is 0.287. The summed E-state index contributed by atoms with van der Waals surface area (Å²) < 4.78 is 4.54. The Morgan fingerprint density at radius 1 is 1.07 bits per heavy atom. The number of rotatable bonds is 8. The highest BCUT2D eigenvalue weighted by Crippen LogP contribution is 2.39. The van der Waals surface area contributed by atoms with Gasteiger partial charge in [-0.1, -0.05) is 54.1 Å². The summed E-state index contributed by atoms with van der Waals surface area (Å²) in [6, 6.07) is 6.33. The van der Waals surface area contributed by atoms with E-state index in [1.54, 1.807) is 50.5 Å². The molecule has 3 aliphatic rings. The average Bonchev–Trinajstić information content (AvgIpc) is 3.78. The van der Waals surface area contributed by atoms with E-state index < -0.39 is 0 Å². The lowest BCUT2D eigenvalue weighted by molar-refractivity contribution is -0.104. The van der Waals surface area contributed by atoms with Crippen LogP contribution >= 0.6 is 46.1 Å². The van der Waals surface area contributed by atoms with Crippen LogP contribution in [-0.2, 0) is 9.53 Å². The van der Waals surface area contributed by atoms with Crippen LogP contribution in [0.25, 0.3) is 11.8 Å². The lowest BCUT2D eigenvalue weighted by Gasteiger charge is -2.35. The number of nitrogens with zero attached hydrogens (tertiary/aromatic N) is 3. The number of aldehydes is 1. The zero-order valence-electron chi connectivity index (χ0n) is 27.4. The lowest BCUT2D eigenvalue weighted by atomic mass is 9.93. The highest BCUT2D eigenvalue weighted by atomic mass is 35.5. The number of methoxy groups -OCH3 is 1. The van der Waals surface area contributed by atoms with Crippen LogP contribution in [0, 0.1) is 5.92 Å². The number of fused-ring (bicyclic) bond motifs is 1. The number of benzene rings is 1. The third-order valence-electron chi connectivity index (χ3n) is 9.01. The minimum Gasteiger partial charge on any atom is -0.385 e. The third kappa shape index (κ3) is 9.24. The number of carbonyl (C=O) groups is 2. The molecule has 1 aromatic heterocycles. The summed E-state index contributed by atoms with van der Waals surface area (Å²) in [5.74, 6) is 0.750. The Morgan fingerprint density at radius 3 is 2.33 bits per heavy atom. The molecule has 1 N–H and O–H groups in total. The van der Waals surface area contributed by atoms with E-state index in [9.17, 15) is 9.59 Å². The monoisotopic (exact) mass is 706 g/mol. The van der Waals surface area contributed by atoms with Crippen molar-refractivity contribution in [1.82, 2.24) is 15.1 Å². The quantitative estimate of drug-likeness (QED) is 0.129. The average molecular weight is 708 g/mol. The second-order valence-corrected chi connectivity index (χ2v) is 14.4.